The molecular weight excluding hydrogens is 442 g/mol. The molecule has 0 atom stereocenters. The lowest BCUT2D eigenvalue weighted by molar-refractivity contribution is -0.386. The van der Waals surface area contributed by atoms with Crippen LogP contribution in [-0.2, 0) is 14.8 Å². The van der Waals surface area contributed by atoms with Gasteiger partial charge in [-0.2, -0.15) is 0 Å². The lowest BCUT2D eigenvalue weighted by atomic mass is 10.2. The molecule has 32 heavy (non-hydrogen) atoms. The van der Waals surface area contributed by atoms with Crippen LogP contribution < -0.4 is 9.46 Å². The van der Waals surface area contributed by atoms with Gasteiger partial charge >= 0.3 is 5.69 Å². The molecule has 168 valence electrons. The van der Waals surface area contributed by atoms with Gasteiger partial charge < -0.3 is 18.8 Å². The molecule has 0 aliphatic carbocycles. The largest absolute Gasteiger partial charge is 0.490 e. The molecule has 0 radical (unpaired) electrons. The average Bonchev–Trinajstić information content (AvgIpc) is 3.16. The molecule has 4 rings (SSSR count). The highest BCUT2D eigenvalue weighted by atomic mass is 32.2. The van der Waals surface area contributed by atoms with Crippen molar-refractivity contribution in [2.75, 3.05) is 38.1 Å². The van der Waals surface area contributed by atoms with Gasteiger partial charge in [0.15, 0.2) is 5.75 Å². The fraction of sp³-hybridized carbons (Fsp3) is 0.250. The SMILES string of the molecule is COc1ccc(S(=O)(=O)Nc2c(C(=O)N3CCOCC3)oc3ccccc23)cc1[N+](=O)[O-]. The van der Waals surface area contributed by atoms with E-state index in [0.29, 0.717) is 37.3 Å². The lowest BCUT2D eigenvalue weighted by Crippen LogP contribution is -2.40. The number of anilines is 1. The smallest absolute Gasteiger partial charge is 0.312 e. The minimum Gasteiger partial charge on any atom is -0.490 e. The quantitative estimate of drug-likeness (QED) is 0.436. The zero-order valence-electron chi connectivity index (χ0n) is 16.9. The Hall–Kier alpha value is -3.64. The number of para-hydroxylation sites is 1. The first-order valence-electron chi connectivity index (χ1n) is 9.55. The van der Waals surface area contributed by atoms with Gasteiger partial charge in [-0.3, -0.25) is 19.6 Å². The summed E-state index contributed by atoms with van der Waals surface area (Å²) in [5.41, 5.74) is -0.213. The minimum atomic E-state index is -4.31. The maximum absolute atomic E-state index is 13.1. The van der Waals surface area contributed by atoms with Crippen molar-refractivity contribution >= 4 is 38.3 Å². The minimum absolute atomic E-state index is 0.0319. The molecule has 2 heterocycles. The van der Waals surface area contributed by atoms with Crippen LogP contribution in [0.15, 0.2) is 51.8 Å². The summed E-state index contributed by atoms with van der Waals surface area (Å²) in [6.07, 6.45) is 0. The number of carbonyl (C=O) groups is 1. The van der Waals surface area contributed by atoms with E-state index in [1.807, 2.05) is 0 Å². The maximum atomic E-state index is 13.1. The standard InChI is InChI=1S/C20H19N3O8S/c1-29-17-7-6-13(12-15(17)23(25)26)32(27,28)21-18-14-4-2-3-5-16(14)31-19(18)20(24)22-8-10-30-11-9-22/h2-7,12,21H,8-11H2,1H3. The highest BCUT2D eigenvalue weighted by molar-refractivity contribution is 7.92. The normalized spacial score (nSPS) is 14.3. The number of hydrogen-bond donors (Lipinski definition) is 1. The number of amides is 1. The summed E-state index contributed by atoms with van der Waals surface area (Å²) >= 11 is 0. The van der Waals surface area contributed by atoms with E-state index < -0.39 is 26.5 Å². The number of ether oxygens (including phenoxy) is 2. The second-order valence-corrected chi connectivity index (χ2v) is 8.59. The van der Waals surface area contributed by atoms with E-state index in [4.69, 9.17) is 13.9 Å². The summed E-state index contributed by atoms with van der Waals surface area (Å²) in [4.78, 5) is 24.8. The molecule has 2 aromatic carbocycles. The van der Waals surface area contributed by atoms with Crippen molar-refractivity contribution in [2.24, 2.45) is 0 Å². The molecule has 3 aromatic rings. The first-order chi connectivity index (χ1) is 15.3. The second-order valence-electron chi connectivity index (χ2n) is 6.90. The van der Waals surface area contributed by atoms with Crippen LogP contribution in [0.25, 0.3) is 11.0 Å². The van der Waals surface area contributed by atoms with Crippen LogP contribution in [0.5, 0.6) is 5.75 Å². The van der Waals surface area contributed by atoms with Gasteiger partial charge in [0, 0.05) is 24.5 Å². The summed E-state index contributed by atoms with van der Waals surface area (Å²) in [7, 11) is -3.06. The molecule has 12 heteroatoms. The van der Waals surface area contributed by atoms with E-state index >= 15 is 0 Å². The predicted molar refractivity (Wildman–Crippen MR) is 113 cm³/mol. The van der Waals surface area contributed by atoms with E-state index in [9.17, 15) is 23.3 Å². The monoisotopic (exact) mass is 461 g/mol. The van der Waals surface area contributed by atoms with Crippen LogP contribution in [0.3, 0.4) is 0 Å². The van der Waals surface area contributed by atoms with Crippen molar-refractivity contribution in [3.05, 3.63) is 58.3 Å². The molecule has 1 amide bonds. The number of rotatable bonds is 6. The number of benzene rings is 2. The van der Waals surface area contributed by atoms with Crippen molar-refractivity contribution in [3.63, 3.8) is 0 Å². The Bertz CT molecular complexity index is 1300. The van der Waals surface area contributed by atoms with E-state index in [1.165, 1.54) is 24.1 Å². The van der Waals surface area contributed by atoms with Gasteiger partial charge in [-0.1, -0.05) is 12.1 Å². The molecule has 0 spiro atoms. The molecule has 1 aliphatic rings. The van der Waals surface area contributed by atoms with Gasteiger partial charge in [0.05, 0.1) is 30.1 Å². The topological polar surface area (TPSA) is 141 Å². The van der Waals surface area contributed by atoms with Gasteiger partial charge in [-0.15, -0.1) is 0 Å². The number of nitrogens with one attached hydrogen (secondary N) is 1. The highest BCUT2D eigenvalue weighted by Gasteiger charge is 2.30. The van der Waals surface area contributed by atoms with Gasteiger partial charge in [0.25, 0.3) is 15.9 Å². The summed E-state index contributed by atoms with van der Waals surface area (Å²) in [5.74, 6) is -0.728. The van der Waals surface area contributed by atoms with Crippen LogP contribution in [0.1, 0.15) is 10.6 Å². The Kier molecular flexibility index (Phi) is 5.72. The lowest BCUT2D eigenvalue weighted by Gasteiger charge is -2.26. The Balaban J connectivity index is 1.77. The zero-order valence-corrected chi connectivity index (χ0v) is 17.8. The number of morpholine rings is 1. The van der Waals surface area contributed by atoms with E-state index in [-0.39, 0.29) is 22.1 Å². The zero-order chi connectivity index (χ0) is 22.9. The fourth-order valence-electron chi connectivity index (χ4n) is 3.38. The predicted octanol–water partition coefficient (Wildman–Crippen LogP) is 2.62. The summed E-state index contributed by atoms with van der Waals surface area (Å²) in [5, 5.41) is 11.7. The number of furan rings is 1. The van der Waals surface area contributed by atoms with Crippen LogP contribution in [0, 0.1) is 10.1 Å². The number of nitrogens with zero attached hydrogens (tertiary/aromatic N) is 2. The van der Waals surface area contributed by atoms with Crippen LogP contribution in [0.4, 0.5) is 11.4 Å². The molecule has 1 aromatic heterocycles. The van der Waals surface area contributed by atoms with E-state index in [1.54, 1.807) is 24.3 Å². The number of fused-ring (bicyclic) bond motifs is 1. The summed E-state index contributed by atoms with van der Waals surface area (Å²) in [6.45, 7) is 1.41. The first-order valence-corrected chi connectivity index (χ1v) is 11.0. The molecule has 0 unspecified atom stereocenters. The number of carbonyl (C=O) groups excluding carboxylic acids is 1. The van der Waals surface area contributed by atoms with Crippen molar-refractivity contribution in [1.82, 2.24) is 4.90 Å². The molecule has 1 fully saturated rings. The van der Waals surface area contributed by atoms with Gasteiger partial charge in [0.1, 0.15) is 11.3 Å². The number of nitro groups is 1. The summed E-state index contributed by atoms with van der Waals surface area (Å²) < 4.78 is 44.5. The Labute approximate surface area is 182 Å². The molecule has 0 saturated carbocycles. The van der Waals surface area contributed by atoms with Crippen molar-refractivity contribution < 1.29 is 32.0 Å². The molecular formula is C20H19N3O8S. The molecule has 1 N–H and O–H groups in total. The summed E-state index contributed by atoms with van der Waals surface area (Å²) in [6, 6.07) is 9.87. The average molecular weight is 461 g/mol. The molecule has 11 nitrogen and oxygen atoms in total. The Morgan fingerprint density at radius 1 is 1.19 bits per heavy atom. The third-order valence-corrected chi connectivity index (χ3v) is 6.33. The maximum Gasteiger partial charge on any atom is 0.312 e. The van der Waals surface area contributed by atoms with E-state index in [2.05, 4.69) is 4.72 Å². The van der Waals surface area contributed by atoms with Gasteiger partial charge in [0.2, 0.25) is 5.76 Å². The second kappa shape index (κ2) is 8.48. The van der Waals surface area contributed by atoms with Crippen molar-refractivity contribution in [3.8, 4) is 5.75 Å². The van der Waals surface area contributed by atoms with Crippen LogP contribution in [0.2, 0.25) is 0 Å². The molecule has 1 aliphatic heterocycles. The van der Waals surface area contributed by atoms with Gasteiger partial charge in [-0.05, 0) is 24.3 Å². The van der Waals surface area contributed by atoms with Gasteiger partial charge in [-0.25, -0.2) is 8.42 Å². The Morgan fingerprint density at radius 3 is 2.59 bits per heavy atom. The number of nitro benzene ring substituents is 1. The fourth-order valence-corrected chi connectivity index (χ4v) is 4.48. The number of methoxy groups -OCH3 is 1. The van der Waals surface area contributed by atoms with E-state index in [0.717, 1.165) is 6.07 Å². The van der Waals surface area contributed by atoms with Crippen LogP contribution >= 0.6 is 0 Å². The third-order valence-electron chi connectivity index (χ3n) is 4.98. The van der Waals surface area contributed by atoms with Crippen LogP contribution in [-0.4, -0.2) is 57.6 Å². The Morgan fingerprint density at radius 2 is 1.91 bits per heavy atom. The first kappa shape index (κ1) is 21.6. The third kappa shape index (κ3) is 3.97. The number of hydrogen-bond acceptors (Lipinski definition) is 8. The number of sulfonamides is 1. The highest BCUT2D eigenvalue weighted by Crippen LogP contribution is 2.35. The van der Waals surface area contributed by atoms with Crippen molar-refractivity contribution in [2.45, 2.75) is 4.90 Å². The molecule has 1 saturated heterocycles. The van der Waals surface area contributed by atoms with Crippen molar-refractivity contribution in [1.29, 1.82) is 0 Å². The molecule has 0 bridgehead atoms.